The molecule has 0 atom stereocenters. The fraction of sp³-hybridized carbons (Fsp3) is 0.111. The lowest BCUT2D eigenvalue weighted by molar-refractivity contribution is 0.101. The van der Waals surface area contributed by atoms with Crippen LogP contribution >= 0.6 is 24.4 Å². The summed E-state index contributed by atoms with van der Waals surface area (Å²) in [6, 6.07) is 1.66. The third-order valence-corrected chi connectivity index (χ3v) is 2.62. The normalized spacial score (nSPS) is 10.8. The number of fused-ring (bicyclic) bond motifs is 1. The minimum atomic E-state index is -0.0438. The van der Waals surface area contributed by atoms with Crippen molar-refractivity contribution in [2.75, 3.05) is 0 Å². The van der Waals surface area contributed by atoms with E-state index in [-0.39, 0.29) is 5.78 Å². The van der Waals surface area contributed by atoms with Gasteiger partial charge in [0.15, 0.2) is 11.4 Å². The van der Waals surface area contributed by atoms with Crippen LogP contribution in [0.25, 0.3) is 11.0 Å². The molecule has 0 saturated carbocycles. The largest absolute Gasteiger partial charge is 0.294 e. The Balaban J connectivity index is 2.93. The molecule has 14 heavy (non-hydrogen) atoms. The lowest BCUT2D eigenvalue weighted by Gasteiger charge is -1.95. The Bertz CT molecular complexity index is 521. The van der Waals surface area contributed by atoms with Gasteiger partial charge in [0.05, 0.1) is 5.02 Å². The molecule has 2 aromatic rings. The zero-order chi connectivity index (χ0) is 10.3. The monoisotopic (exact) mass is 226 g/mol. The Morgan fingerprint density at radius 2 is 2.36 bits per heavy atom. The van der Waals surface area contributed by atoms with Crippen LogP contribution in [0.5, 0.6) is 0 Å². The van der Waals surface area contributed by atoms with Gasteiger partial charge in [-0.3, -0.25) is 8.77 Å². The van der Waals surface area contributed by atoms with E-state index in [1.807, 2.05) is 0 Å². The summed E-state index contributed by atoms with van der Waals surface area (Å²) in [4.78, 5) is 15.4. The van der Waals surface area contributed by atoms with Gasteiger partial charge in [0, 0.05) is 23.3 Å². The van der Waals surface area contributed by atoms with E-state index in [1.54, 1.807) is 18.5 Å². The molecular weight excluding hydrogens is 220 g/mol. The van der Waals surface area contributed by atoms with Gasteiger partial charge in [-0.1, -0.05) is 24.4 Å². The molecule has 0 aliphatic heterocycles. The molecule has 0 aromatic carbocycles. The second-order valence-corrected chi connectivity index (χ2v) is 3.77. The molecule has 0 spiro atoms. The SMILES string of the molecule is CC(=O)c1cn(S)c2nccc(Cl)c12. The highest BCUT2D eigenvalue weighted by Gasteiger charge is 2.14. The van der Waals surface area contributed by atoms with Crippen molar-refractivity contribution in [1.82, 2.24) is 8.96 Å². The van der Waals surface area contributed by atoms with Crippen molar-refractivity contribution in [3.05, 3.63) is 29.0 Å². The molecule has 0 unspecified atom stereocenters. The zero-order valence-electron chi connectivity index (χ0n) is 7.36. The van der Waals surface area contributed by atoms with Gasteiger partial charge < -0.3 is 0 Å². The first kappa shape index (κ1) is 9.55. The molecule has 0 saturated heterocycles. The van der Waals surface area contributed by atoms with Crippen LogP contribution in [-0.2, 0) is 0 Å². The summed E-state index contributed by atoms with van der Waals surface area (Å²) in [7, 11) is 0. The summed E-state index contributed by atoms with van der Waals surface area (Å²) in [6.07, 6.45) is 3.20. The van der Waals surface area contributed by atoms with Crippen LogP contribution in [-0.4, -0.2) is 14.7 Å². The first-order valence-electron chi connectivity index (χ1n) is 3.97. The number of aromatic nitrogens is 2. The standard InChI is InChI=1S/C9H7ClN2OS/c1-5(13)6-4-12(14)9-8(6)7(10)2-3-11-9/h2-4,14H,1H3. The maximum absolute atomic E-state index is 11.3. The number of rotatable bonds is 1. The van der Waals surface area contributed by atoms with E-state index in [0.717, 1.165) is 0 Å². The van der Waals surface area contributed by atoms with E-state index in [9.17, 15) is 4.79 Å². The Morgan fingerprint density at radius 1 is 1.64 bits per heavy atom. The van der Waals surface area contributed by atoms with E-state index in [0.29, 0.717) is 21.6 Å². The molecule has 0 bridgehead atoms. The molecule has 5 heteroatoms. The number of thiol groups is 1. The number of hydrogen-bond donors (Lipinski definition) is 1. The topological polar surface area (TPSA) is 34.9 Å². The zero-order valence-corrected chi connectivity index (χ0v) is 9.01. The smallest absolute Gasteiger partial charge is 0.162 e. The summed E-state index contributed by atoms with van der Waals surface area (Å²) < 4.78 is 1.50. The second-order valence-electron chi connectivity index (χ2n) is 2.93. The van der Waals surface area contributed by atoms with Gasteiger partial charge in [-0.25, -0.2) is 4.98 Å². The molecule has 2 rings (SSSR count). The highest BCUT2D eigenvalue weighted by atomic mass is 35.5. The molecule has 0 amide bonds. The number of halogens is 1. The lowest BCUT2D eigenvalue weighted by Crippen LogP contribution is -1.89. The van der Waals surface area contributed by atoms with Crippen LogP contribution in [0.4, 0.5) is 0 Å². The number of Topliss-reactive ketones (excluding diaryl/α,β-unsaturated/α-hetero) is 1. The van der Waals surface area contributed by atoms with E-state index in [2.05, 4.69) is 17.8 Å². The third kappa shape index (κ3) is 1.31. The molecule has 0 radical (unpaired) electrons. The van der Waals surface area contributed by atoms with Crippen molar-refractivity contribution in [3.8, 4) is 0 Å². The average molecular weight is 227 g/mol. The Labute approximate surface area is 91.2 Å². The Morgan fingerprint density at radius 3 is 3.00 bits per heavy atom. The number of ketones is 1. The molecular formula is C9H7ClN2OS. The van der Waals surface area contributed by atoms with E-state index in [4.69, 9.17) is 11.6 Å². The molecule has 3 nitrogen and oxygen atoms in total. The summed E-state index contributed by atoms with van der Waals surface area (Å²) in [5, 5.41) is 1.18. The Hall–Kier alpha value is -1.00. The average Bonchev–Trinajstić information content (AvgIpc) is 2.46. The fourth-order valence-corrected chi connectivity index (χ4v) is 1.88. The quantitative estimate of drug-likeness (QED) is 0.599. The number of carbonyl (C=O) groups excluding carboxylic acids is 1. The molecule has 0 aliphatic carbocycles. The van der Waals surface area contributed by atoms with Crippen LogP contribution in [0, 0.1) is 0 Å². The third-order valence-electron chi connectivity index (χ3n) is 2.00. The van der Waals surface area contributed by atoms with Crippen LogP contribution in [0.1, 0.15) is 17.3 Å². The predicted molar refractivity (Wildman–Crippen MR) is 59.1 cm³/mol. The Kier molecular flexibility index (Phi) is 2.25. The molecule has 2 heterocycles. The number of carbonyl (C=O) groups is 1. The fourth-order valence-electron chi connectivity index (χ4n) is 1.37. The van der Waals surface area contributed by atoms with Gasteiger partial charge in [-0.15, -0.1) is 0 Å². The van der Waals surface area contributed by atoms with Crippen LogP contribution in [0.15, 0.2) is 18.5 Å². The summed E-state index contributed by atoms with van der Waals surface area (Å²) in [5.41, 5.74) is 1.15. The van der Waals surface area contributed by atoms with Gasteiger partial charge in [0.2, 0.25) is 0 Å². The van der Waals surface area contributed by atoms with Crippen molar-refractivity contribution in [2.24, 2.45) is 0 Å². The maximum Gasteiger partial charge on any atom is 0.162 e. The van der Waals surface area contributed by atoms with Gasteiger partial charge in [-0.2, -0.15) is 0 Å². The van der Waals surface area contributed by atoms with E-state index in [1.165, 1.54) is 10.9 Å². The van der Waals surface area contributed by atoms with Crippen molar-refractivity contribution >= 4 is 41.2 Å². The molecule has 72 valence electrons. The van der Waals surface area contributed by atoms with Crippen molar-refractivity contribution in [2.45, 2.75) is 6.92 Å². The molecule has 0 N–H and O–H groups in total. The second kappa shape index (κ2) is 3.29. The first-order chi connectivity index (χ1) is 6.61. The minimum absolute atomic E-state index is 0.0438. The summed E-state index contributed by atoms with van der Waals surface area (Å²) in [6.45, 7) is 1.49. The van der Waals surface area contributed by atoms with E-state index >= 15 is 0 Å². The first-order valence-corrected chi connectivity index (χ1v) is 4.75. The van der Waals surface area contributed by atoms with Crippen LogP contribution in [0.3, 0.4) is 0 Å². The van der Waals surface area contributed by atoms with Gasteiger partial charge in [0.1, 0.15) is 0 Å². The predicted octanol–water partition coefficient (Wildman–Crippen LogP) is 2.59. The van der Waals surface area contributed by atoms with Gasteiger partial charge in [-0.05, 0) is 13.0 Å². The molecule has 2 aromatic heterocycles. The number of hydrogen-bond acceptors (Lipinski definition) is 3. The minimum Gasteiger partial charge on any atom is -0.294 e. The van der Waals surface area contributed by atoms with Crippen LogP contribution < -0.4 is 0 Å². The lowest BCUT2D eigenvalue weighted by atomic mass is 10.1. The molecule has 0 fully saturated rings. The number of nitrogens with zero attached hydrogens (tertiary/aromatic N) is 2. The van der Waals surface area contributed by atoms with Gasteiger partial charge in [0.25, 0.3) is 0 Å². The van der Waals surface area contributed by atoms with Crippen molar-refractivity contribution in [3.63, 3.8) is 0 Å². The maximum atomic E-state index is 11.3. The van der Waals surface area contributed by atoms with Crippen molar-refractivity contribution in [1.29, 1.82) is 0 Å². The highest BCUT2D eigenvalue weighted by molar-refractivity contribution is 7.78. The highest BCUT2D eigenvalue weighted by Crippen LogP contribution is 2.27. The number of pyridine rings is 1. The van der Waals surface area contributed by atoms with Gasteiger partial charge >= 0.3 is 0 Å². The van der Waals surface area contributed by atoms with E-state index < -0.39 is 0 Å². The summed E-state index contributed by atoms with van der Waals surface area (Å²) in [5.74, 6) is -0.0438. The summed E-state index contributed by atoms with van der Waals surface area (Å²) >= 11 is 10.1. The molecule has 0 aliphatic rings. The van der Waals surface area contributed by atoms with Crippen molar-refractivity contribution < 1.29 is 4.79 Å². The van der Waals surface area contributed by atoms with Crippen LogP contribution in [0.2, 0.25) is 5.02 Å².